The molecule has 1 aromatic heterocycles. The van der Waals surface area contributed by atoms with Crippen molar-refractivity contribution in [1.82, 2.24) is 20.0 Å². The third kappa shape index (κ3) is 4.49. The Morgan fingerprint density at radius 2 is 1.76 bits per heavy atom. The van der Waals surface area contributed by atoms with Crippen molar-refractivity contribution >= 4 is 5.91 Å². The molecule has 1 unspecified atom stereocenters. The first-order valence-corrected chi connectivity index (χ1v) is 9.62. The van der Waals surface area contributed by atoms with Crippen molar-refractivity contribution in [3.63, 3.8) is 0 Å². The molecule has 152 valence electrons. The Morgan fingerprint density at radius 1 is 1.10 bits per heavy atom. The van der Waals surface area contributed by atoms with Crippen LogP contribution in [0.2, 0.25) is 0 Å². The molecule has 0 fully saturated rings. The van der Waals surface area contributed by atoms with Crippen LogP contribution in [0.15, 0.2) is 54.6 Å². The third-order valence-corrected chi connectivity index (χ3v) is 5.10. The van der Waals surface area contributed by atoms with Gasteiger partial charge in [0.2, 0.25) is 0 Å². The summed E-state index contributed by atoms with van der Waals surface area (Å²) in [5.41, 5.74) is 4.23. The fourth-order valence-corrected chi connectivity index (χ4v) is 3.49. The normalized spacial score (nSPS) is 12.1. The molecule has 1 heterocycles. The van der Waals surface area contributed by atoms with Gasteiger partial charge in [0.25, 0.3) is 5.91 Å². The summed E-state index contributed by atoms with van der Waals surface area (Å²) in [6.45, 7) is 4.29. The van der Waals surface area contributed by atoms with Crippen molar-refractivity contribution in [2.45, 2.75) is 19.9 Å². The molecule has 0 saturated heterocycles. The summed E-state index contributed by atoms with van der Waals surface area (Å²) in [7, 11) is 5.66. The van der Waals surface area contributed by atoms with E-state index in [2.05, 4.69) is 15.3 Å². The molecule has 0 aliphatic rings. The number of hydrogen-bond donors (Lipinski definition) is 1. The smallest absolute Gasteiger partial charge is 0.255 e. The average Bonchev–Trinajstić information content (AvgIpc) is 3.03. The van der Waals surface area contributed by atoms with E-state index in [0.717, 1.165) is 28.4 Å². The molecule has 1 atom stereocenters. The molecule has 6 heteroatoms. The number of ether oxygens (including phenoxy) is 1. The van der Waals surface area contributed by atoms with Crippen LogP contribution in [0.3, 0.4) is 0 Å². The maximum atomic E-state index is 13.0. The summed E-state index contributed by atoms with van der Waals surface area (Å²) in [6.07, 6.45) is 0. The highest BCUT2D eigenvalue weighted by atomic mass is 16.5. The maximum absolute atomic E-state index is 13.0. The second kappa shape index (κ2) is 8.92. The number of rotatable bonds is 7. The monoisotopic (exact) mass is 392 g/mol. The highest BCUT2D eigenvalue weighted by Crippen LogP contribution is 2.22. The standard InChI is InChI=1S/C23H28N4O2/c1-16-22(17(2)27(25-16)19-9-7-6-8-10-19)23(28)24-15-21(26(3)4)18-11-13-20(29-5)14-12-18/h6-14,21H,15H2,1-5H3,(H,24,28). The van der Waals surface area contributed by atoms with E-state index in [1.807, 2.05) is 87.2 Å². The van der Waals surface area contributed by atoms with Crippen LogP contribution in [0.5, 0.6) is 5.75 Å². The minimum atomic E-state index is -0.109. The summed E-state index contributed by atoms with van der Waals surface area (Å²) in [5.74, 6) is 0.706. The number of nitrogens with one attached hydrogen (secondary N) is 1. The molecule has 6 nitrogen and oxygen atoms in total. The lowest BCUT2D eigenvalue weighted by Gasteiger charge is -2.25. The van der Waals surface area contributed by atoms with Gasteiger partial charge in [0.05, 0.1) is 35.8 Å². The lowest BCUT2D eigenvalue weighted by molar-refractivity contribution is 0.0940. The third-order valence-electron chi connectivity index (χ3n) is 5.10. The van der Waals surface area contributed by atoms with Crippen LogP contribution in [-0.4, -0.2) is 48.3 Å². The molecule has 0 radical (unpaired) electrons. The van der Waals surface area contributed by atoms with Gasteiger partial charge in [-0.3, -0.25) is 4.79 Å². The van der Waals surface area contributed by atoms with Gasteiger partial charge in [-0.2, -0.15) is 5.10 Å². The van der Waals surface area contributed by atoms with Crippen molar-refractivity contribution in [3.8, 4) is 11.4 Å². The maximum Gasteiger partial charge on any atom is 0.255 e. The lowest BCUT2D eigenvalue weighted by Crippen LogP contribution is -2.35. The molecule has 0 aliphatic carbocycles. The highest BCUT2D eigenvalue weighted by molar-refractivity contribution is 5.96. The Kier molecular flexibility index (Phi) is 6.34. The van der Waals surface area contributed by atoms with Crippen LogP contribution < -0.4 is 10.1 Å². The Morgan fingerprint density at radius 3 is 2.34 bits per heavy atom. The number of carbonyl (C=O) groups is 1. The second-order valence-electron chi connectivity index (χ2n) is 7.26. The largest absolute Gasteiger partial charge is 0.497 e. The predicted octanol–water partition coefficient (Wildman–Crippen LogP) is 3.53. The molecule has 3 aromatic rings. The van der Waals surface area contributed by atoms with Gasteiger partial charge < -0.3 is 15.0 Å². The molecule has 2 aromatic carbocycles. The zero-order chi connectivity index (χ0) is 21.0. The van der Waals surface area contributed by atoms with Crippen molar-refractivity contribution in [2.24, 2.45) is 0 Å². The van der Waals surface area contributed by atoms with E-state index in [4.69, 9.17) is 4.74 Å². The first-order chi connectivity index (χ1) is 13.9. The van der Waals surface area contributed by atoms with Crippen LogP contribution in [0, 0.1) is 13.8 Å². The zero-order valence-electron chi connectivity index (χ0n) is 17.6. The summed E-state index contributed by atoms with van der Waals surface area (Å²) in [5, 5.41) is 7.66. The predicted molar refractivity (Wildman–Crippen MR) is 115 cm³/mol. The number of hydrogen-bond acceptors (Lipinski definition) is 4. The van der Waals surface area contributed by atoms with Crippen LogP contribution in [0.25, 0.3) is 5.69 Å². The minimum Gasteiger partial charge on any atom is -0.497 e. The summed E-state index contributed by atoms with van der Waals surface area (Å²) < 4.78 is 7.05. The quantitative estimate of drug-likeness (QED) is 0.668. The fourth-order valence-electron chi connectivity index (χ4n) is 3.49. The zero-order valence-corrected chi connectivity index (χ0v) is 17.6. The number of aryl methyl sites for hydroxylation is 1. The van der Waals surface area contributed by atoms with Gasteiger partial charge in [0.1, 0.15) is 5.75 Å². The number of methoxy groups -OCH3 is 1. The molecule has 1 amide bonds. The molecule has 3 rings (SSSR count). The molecule has 0 aliphatic heterocycles. The highest BCUT2D eigenvalue weighted by Gasteiger charge is 2.21. The Bertz CT molecular complexity index is 963. The molecule has 0 bridgehead atoms. The molecule has 0 spiro atoms. The van der Waals surface area contributed by atoms with Crippen molar-refractivity contribution in [1.29, 1.82) is 0 Å². The van der Waals surface area contributed by atoms with Gasteiger partial charge in [-0.25, -0.2) is 4.68 Å². The van der Waals surface area contributed by atoms with Crippen LogP contribution in [-0.2, 0) is 0 Å². The fraction of sp³-hybridized carbons (Fsp3) is 0.304. The SMILES string of the molecule is COc1ccc(C(CNC(=O)c2c(C)nn(-c3ccccc3)c2C)N(C)C)cc1. The topological polar surface area (TPSA) is 59.4 Å². The van der Waals surface area contributed by atoms with E-state index in [1.165, 1.54) is 0 Å². The number of aromatic nitrogens is 2. The Labute approximate surface area is 172 Å². The van der Waals surface area contributed by atoms with Crippen molar-refractivity contribution < 1.29 is 9.53 Å². The van der Waals surface area contributed by atoms with Gasteiger partial charge in [-0.15, -0.1) is 0 Å². The van der Waals surface area contributed by atoms with E-state index in [-0.39, 0.29) is 11.9 Å². The second-order valence-corrected chi connectivity index (χ2v) is 7.26. The Balaban J connectivity index is 1.78. The Hall–Kier alpha value is -3.12. The van der Waals surface area contributed by atoms with Crippen LogP contribution >= 0.6 is 0 Å². The molecule has 0 saturated carbocycles. The van der Waals surface area contributed by atoms with E-state index < -0.39 is 0 Å². The average molecular weight is 393 g/mol. The number of amides is 1. The van der Waals surface area contributed by atoms with Crippen LogP contribution in [0.4, 0.5) is 0 Å². The van der Waals surface area contributed by atoms with Gasteiger partial charge in [-0.05, 0) is 57.8 Å². The van der Waals surface area contributed by atoms with E-state index in [0.29, 0.717) is 12.1 Å². The molecular weight excluding hydrogens is 364 g/mol. The number of para-hydroxylation sites is 1. The number of likely N-dealkylation sites (N-methyl/N-ethyl adjacent to an activating group) is 1. The van der Waals surface area contributed by atoms with Crippen LogP contribution in [0.1, 0.15) is 33.4 Å². The summed E-state index contributed by atoms with van der Waals surface area (Å²) >= 11 is 0. The minimum absolute atomic E-state index is 0.0506. The van der Waals surface area contributed by atoms with Crippen molar-refractivity contribution in [3.05, 3.63) is 77.1 Å². The first-order valence-electron chi connectivity index (χ1n) is 9.62. The summed E-state index contributed by atoms with van der Waals surface area (Å²) in [4.78, 5) is 15.1. The van der Waals surface area contributed by atoms with E-state index in [9.17, 15) is 4.79 Å². The lowest BCUT2D eigenvalue weighted by atomic mass is 10.1. The van der Waals surface area contributed by atoms with E-state index >= 15 is 0 Å². The molecular formula is C23H28N4O2. The molecule has 29 heavy (non-hydrogen) atoms. The molecule has 1 N–H and O–H groups in total. The van der Waals surface area contributed by atoms with Crippen molar-refractivity contribution in [2.75, 3.05) is 27.7 Å². The number of benzene rings is 2. The van der Waals surface area contributed by atoms with Gasteiger partial charge in [-0.1, -0.05) is 30.3 Å². The van der Waals surface area contributed by atoms with E-state index in [1.54, 1.807) is 7.11 Å². The first kappa shape index (κ1) is 20.6. The summed E-state index contributed by atoms with van der Waals surface area (Å²) in [6, 6.07) is 17.8. The number of nitrogens with zero attached hydrogens (tertiary/aromatic N) is 3. The van der Waals surface area contributed by atoms with Gasteiger partial charge >= 0.3 is 0 Å². The number of carbonyl (C=O) groups excluding carboxylic acids is 1. The van der Waals surface area contributed by atoms with Gasteiger partial charge in [0, 0.05) is 6.54 Å². The van der Waals surface area contributed by atoms with Gasteiger partial charge in [0.15, 0.2) is 0 Å².